The molecule has 160 valence electrons. The highest BCUT2D eigenvalue weighted by atomic mass is 16.5. The van der Waals surface area contributed by atoms with E-state index in [2.05, 4.69) is 6.92 Å². The second kappa shape index (κ2) is 8.60. The second-order valence-corrected chi connectivity index (χ2v) is 8.12. The molecule has 1 amide bonds. The van der Waals surface area contributed by atoms with Crippen molar-refractivity contribution in [3.05, 3.63) is 46.0 Å². The fourth-order valence-electron chi connectivity index (χ4n) is 4.57. The molecule has 0 unspecified atom stereocenters. The number of carbonyl (C=O) groups excluding carboxylic acids is 1. The lowest BCUT2D eigenvalue weighted by molar-refractivity contribution is 0.0596. The van der Waals surface area contributed by atoms with Crippen LogP contribution in [0.15, 0.2) is 29.2 Å². The van der Waals surface area contributed by atoms with Crippen LogP contribution in [0.1, 0.15) is 55.1 Å². The van der Waals surface area contributed by atoms with Crippen molar-refractivity contribution in [1.29, 1.82) is 0 Å². The van der Waals surface area contributed by atoms with Crippen LogP contribution in [0.25, 0.3) is 16.7 Å². The minimum absolute atomic E-state index is 0.00199. The van der Waals surface area contributed by atoms with Crippen LogP contribution in [0.4, 0.5) is 0 Å². The highest BCUT2D eigenvalue weighted by Crippen LogP contribution is 2.25. The normalized spacial score (nSPS) is 17.2. The van der Waals surface area contributed by atoms with Crippen LogP contribution in [-0.4, -0.2) is 51.1 Å². The maximum absolute atomic E-state index is 13.6. The van der Waals surface area contributed by atoms with Gasteiger partial charge in [-0.2, -0.15) is 0 Å². The first-order valence-electron chi connectivity index (χ1n) is 10.9. The Hall–Kier alpha value is -2.67. The molecule has 4 heterocycles. The number of pyridine rings is 1. The highest BCUT2D eigenvalue weighted by Gasteiger charge is 2.29. The topological polar surface area (TPSA) is 68.8 Å². The van der Waals surface area contributed by atoms with Gasteiger partial charge >= 0.3 is 0 Å². The second-order valence-electron chi connectivity index (χ2n) is 8.12. The predicted molar refractivity (Wildman–Crippen MR) is 117 cm³/mol. The van der Waals surface area contributed by atoms with E-state index < -0.39 is 0 Å². The van der Waals surface area contributed by atoms with Crippen molar-refractivity contribution in [1.82, 2.24) is 18.9 Å². The van der Waals surface area contributed by atoms with Crippen LogP contribution in [0.5, 0.6) is 0 Å². The van der Waals surface area contributed by atoms with Crippen molar-refractivity contribution in [3.8, 4) is 0 Å². The van der Waals surface area contributed by atoms with Crippen LogP contribution in [0.3, 0.4) is 0 Å². The summed E-state index contributed by atoms with van der Waals surface area (Å²) in [5, 5.41) is 0.490. The van der Waals surface area contributed by atoms with Gasteiger partial charge in [-0.05, 0) is 56.7 Å². The highest BCUT2D eigenvalue weighted by molar-refractivity contribution is 5.98. The Balaban J connectivity index is 1.89. The summed E-state index contributed by atoms with van der Waals surface area (Å²) < 4.78 is 8.71. The van der Waals surface area contributed by atoms with E-state index in [0.717, 1.165) is 44.2 Å². The van der Waals surface area contributed by atoms with Crippen LogP contribution < -0.4 is 5.56 Å². The lowest BCUT2D eigenvalue weighted by Gasteiger charge is -2.35. The number of carbonyl (C=O) groups is 1. The maximum Gasteiger partial charge on any atom is 0.270 e. The summed E-state index contributed by atoms with van der Waals surface area (Å²) in [6, 6.07) is 5.79. The third-order valence-electron chi connectivity index (χ3n) is 6.20. The van der Waals surface area contributed by atoms with E-state index >= 15 is 0 Å². The number of nitrogens with zero attached hydrogens (tertiary/aromatic N) is 4. The number of ether oxygens (including phenoxy) is 1. The van der Waals surface area contributed by atoms with E-state index in [4.69, 9.17) is 9.72 Å². The molecule has 0 radical (unpaired) electrons. The molecule has 0 N–H and O–H groups in total. The Morgan fingerprint density at radius 2 is 2.13 bits per heavy atom. The third kappa shape index (κ3) is 3.51. The van der Waals surface area contributed by atoms with Gasteiger partial charge in [0.1, 0.15) is 17.0 Å². The number of piperidine rings is 1. The van der Waals surface area contributed by atoms with Crippen molar-refractivity contribution in [2.24, 2.45) is 0 Å². The van der Waals surface area contributed by atoms with Gasteiger partial charge < -0.3 is 14.2 Å². The van der Waals surface area contributed by atoms with Gasteiger partial charge in [-0.3, -0.25) is 14.0 Å². The molecule has 7 heteroatoms. The Bertz CT molecular complexity index is 1130. The number of hydrogen-bond acceptors (Lipinski definition) is 4. The number of likely N-dealkylation sites (tertiary alicyclic amines) is 1. The van der Waals surface area contributed by atoms with Gasteiger partial charge in [0.2, 0.25) is 0 Å². The Morgan fingerprint density at radius 1 is 1.30 bits per heavy atom. The van der Waals surface area contributed by atoms with E-state index in [9.17, 15) is 9.59 Å². The van der Waals surface area contributed by atoms with E-state index in [1.165, 1.54) is 0 Å². The summed E-state index contributed by atoms with van der Waals surface area (Å²) in [7, 11) is 1.67. The van der Waals surface area contributed by atoms with Crippen molar-refractivity contribution in [3.63, 3.8) is 0 Å². The molecule has 3 aromatic heterocycles. The zero-order chi connectivity index (χ0) is 21.3. The van der Waals surface area contributed by atoms with Gasteiger partial charge in [0, 0.05) is 39.0 Å². The molecule has 0 aliphatic carbocycles. The van der Waals surface area contributed by atoms with E-state index in [-0.39, 0.29) is 17.5 Å². The van der Waals surface area contributed by atoms with Gasteiger partial charge in [-0.15, -0.1) is 0 Å². The van der Waals surface area contributed by atoms with Crippen molar-refractivity contribution in [2.75, 3.05) is 20.3 Å². The van der Waals surface area contributed by atoms with Crippen molar-refractivity contribution >= 4 is 22.6 Å². The minimum Gasteiger partial charge on any atom is -0.385 e. The molecule has 1 aliphatic heterocycles. The van der Waals surface area contributed by atoms with Crippen molar-refractivity contribution < 1.29 is 9.53 Å². The SMILES string of the molecule is CC[C@H]1CCCCN1C(=O)c1cc2c(=O)n3cccc(C)c3nc2n1CCCOC. The number of fused-ring (bicyclic) bond motifs is 2. The monoisotopic (exact) mass is 410 g/mol. The Morgan fingerprint density at radius 3 is 2.90 bits per heavy atom. The average molecular weight is 411 g/mol. The molecule has 30 heavy (non-hydrogen) atoms. The molecule has 1 fully saturated rings. The van der Waals surface area contributed by atoms with Crippen LogP contribution in [0.2, 0.25) is 0 Å². The number of rotatable bonds is 6. The van der Waals surface area contributed by atoms with Crippen molar-refractivity contribution in [2.45, 2.75) is 58.5 Å². The fourth-order valence-corrected chi connectivity index (χ4v) is 4.57. The number of methoxy groups -OCH3 is 1. The predicted octanol–water partition coefficient (Wildman–Crippen LogP) is 3.40. The van der Waals surface area contributed by atoms with Crippen LogP contribution >= 0.6 is 0 Å². The summed E-state index contributed by atoms with van der Waals surface area (Å²) in [5.74, 6) is 0.00199. The number of aromatic nitrogens is 3. The average Bonchev–Trinajstić information content (AvgIpc) is 3.13. The van der Waals surface area contributed by atoms with E-state index in [1.807, 2.05) is 28.5 Å². The first-order chi connectivity index (χ1) is 14.6. The molecule has 0 aromatic carbocycles. The number of amides is 1. The number of hydrogen-bond donors (Lipinski definition) is 0. The van der Waals surface area contributed by atoms with Gasteiger partial charge in [0.15, 0.2) is 0 Å². The Labute approximate surface area is 176 Å². The third-order valence-corrected chi connectivity index (χ3v) is 6.20. The molecule has 0 bridgehead atoms. The zero-order valence-electron chi connectivity index (χ0n) is 18.1. The van der Waals surface area contributed by atoms with Crippen LogP contribution in [0, 0.1) is 6.92 Å². The minimum atomic E-state index is -0.135. The lowest BCUT2D eigenvalue weighted by atomic mass is 9.99. The molecule has 7 nitrogen and oxygen atoms in total. The molecule has 3 aromatic rings. The lowest BCUT2D eigenvalue weighted by Crippen LogP contribution is -2.44. The van der Waals surface area contributed by atoms with Gasteiger partial charge in [0.25, 0.3) is 11.5 Å². The summed E-state index contributed by atoms with van der Waals surface area (Å²) >= 11 is 0. The molecule has 1 atom stereocenters. The van der Waals surface area contributed by atoms with Gasteiger partial charge in [0.05, 0.1) is 5.39 Å². The smallest absolute Gasteiger partial charge is 0.270 e. The summed E-state index contributed by atoms with van der Waals surface area (Å²) in [5.41, 5.74) is 2.56. The van der Waals surface area contributed by atoms with E-state index in [0.29, 0.717) is 35.5 Å². The standard InChI is InChI=1S/C23H30N4O3/c1-4-17-10-5-6-11-25(17)23(29)19-15-18-21(26(19)13-8-14-30-3)24-20-16(2)9-7-12-27(20)22(18)28/h7,9,12,15,17H,4-6,8,10-11,13-14H2,1-3H3/t17-/m0/s1. The van der Waals surface area contributed by atoms with Crippen LogP contribution in [-0.2, 0) is 11.3 Å². The first kappa shape index (κ1) is 20.6. The van der Waals surface area contributed by atoms with Gasteiger partial charge in [-0.1, -0.05) is 13.0 Å². The molecule has 0 saturated carbocycles. The summed E-state index contributed by atoms with van der Waals surface area (Å²) in [4.78, 5) is 33.6. The fraction of sp³-hybridized carbons (Fsp3) is 0.522. The number of aryl methyl sites for hydroxylation is 2. The molecular formula is C23H30N4O3. The zero-order valence-corrected chi connectivity index (χ0v) is 18.1. The largest absolute Gasteiger partial charge is 0.385 e. The molecule has 0 spiro atoms. The Kier molecular flexibility index (Phi) is 5.90. The maximum atomic E-state index is 13.6. The molecule has 1 aliphatic rings. The first-order valence-corrected chi connectivity index (χ1v) is 10.9. The summed E-state index contributed by atoms with van der Waals surface area (Å²) in [6.07, 6.45) is 6.64. The quantitative estimate of drug-likeness (QED) is 0.584. The molecular weight excluding hydrogens is 380 g/mol. The van der Waals surface area contributed by atoms with Gasteiger partial charge in [-0.25, -0.2) is 4.98 Å². The van der Waals surface area contributed by atoms with E-state index in [1.54, 1.807) is 23.8 Å². The summed E-state index contributed by atoms with van der Waals surface area (Å²) in [6.45, 7) is 6.01. The molecule has 1 saturated heterocycles. The molecule has 4 rings (SSSR count).